The van der Waals surface area contributed by atoms with Gasteiger partial charge in [0.05, 0.1) is 12.1 Å². The maximum absolute atomic E-state index is 13.9. The number of hydrogen-bond donors (Lipinski definition) is 2. The Labute approximate surface area is 152 Å². The molecule has 1 aromatic rings. The van der Waals surface area contributed by atoms with Gasteiger partial charge in [-0.3, -0.25) is 4.79 Å². The second kappa shape index (κ2) is 8.93. The van der Waals surface area contributed by atoms with Gasteiger partial charge in [-0.25, -0.2) is 13.6 Å². The number of aliphatic hydroxyl groups is 1. The molecule has 6 nitrogen and oxygen atoms in total. The number of alkyl carbamates (subject to hydrolysis) is 1. The first-order valence-corrected chi connectivity index (χ1v) is 8.22. The summed E-state index contributed by atoms with van der Waals surface area (Å²) >= 11 is 0. The first kappa shape index (κ1) is 21.8. The molecule has 0 saturated carbocycles. The molecule has 0 unspecified atom stereocenters. The third-order valence-corrected chi connectivity index (χ3v) is 3.61. The van der Waals surface area contributed by atoms with Crippen LogP contribution < -0.4 is 5.32 Å². The Morgan fingerprint density at radius 1 is 1.31 bits per heavy atom. The van der Waals surface area contributed by atoms with E-state index in [2.05, 4.69) is 5.32 Å². The van der Waals surface area contributed by atoms with Gasteiger partial charge in [0.15, 0.2) is 0 Å². The molecule has 0 aliphatic rings. The summed E-state index contributed by atoms with van der Waals surface area (Å²) in [5.41, 5.74) is -0.768. The van der Waals surface area contributed by atoms with Crippen molar-refractivity contribution in [2.45, 2.75) is 51.9 Å². The van der Waals surface area contributed by atoms with E-state index in [0.717, 1.165) is 18.2 Å². The van der Waals surface area contributed by atoms with Gasteiger partial charge in [-0.2, -0.15) is 0 Å². The van der Waals surface area contributed by atoms with Crippen LogP contribution in [-0.4, -0.2) is 53.3 Å². The molecule has 2 N–H and O–H groups in total. The lowest BCUT2D eigenvalue weighted by Gasteiger charge is -2.29. The van der Waals surface area contributed by atoms with E-state index in [1.54, 1.807) is 20.8 Å². The third kappa shape index (κ3) is 7.35. The quantitative estimate of drug-likeness (QED) is 0.803. The summed E-state index contributed by atoms with van der Waals surface area (Å²) < 4.78 is 32.5. The van der Waals surface area contributed by atoms with Crippen molar-refractivity contribution in [2.75, 3.05) is 13.6 Å². The van der Waals surface area contributed by atoms with Crippen LogP contribution in [0.2, 0.25) is 0 Å². The maximum atomic E-state index is 13.9. The Kier molecular flexibility index (Phi) is 7.50. The van der Waals surface area contributed by atoms with Crippen LogP contribution in [0.4, 0.5) is 13.6 Å². The van der Waals surface area contributed by atoms with E-state index in [4.69, 9.17) is 4.74 Å². The number of carbonyl (C=O) groups is 2. The highest BCUT2D eigenvalue weighted by molar-refractivity contribution is 5.73. The highest BCUT2D eigenvalue weighted by Crippen LogP contribution is 2.15. The number of nitrogens with one attached hydrogen (secondary N) is 1. The predicted molar refractivity (Wildman–Crippen MR) is 92.5 cm³/mol. The molecule has 0 radical (unpaired) electrons. The number of ether oxygens (including phenoxy) is 1. The zero-order valence-electron chi connectivity index (χ0n) is 15.7. The smallest absolute Gasteiger partial charge is 0.407 e. The molecule has 0 aliphatic carbocycles. The van der Waals surface area contributed by atoms with Crippen LogP contribution in [0.15, 0.2) is 18.2 Å². The van der Waals surface area contributed by atoms with Crippen LogP contribution >= 0.6 is 0 Å². The molecule has 1 rings (SSSR count). The van der Waals surface area contributed by atoms with Crippen molar-refractivity contribution in [1.29, 1.82) is 0 Å². The lowest BCUT2D eigenvalue weighted by atomic mass is 10.00. The van der Waals surface area contributed by atoms with Gasteiger partial charge < -0.3 is 20.1 Å². The molecular formula is C18H26F2N2O4. The summed E-state index contributed by atoms with van der Waals surface area (Å²) in [5, 5.41) is 12.9. The molecular weight excluding hydrogens is 346 g/mol. The Balaban J connectivity index is 2.98. The van der Waals surface area contributed by atoms with Gasteiger partial charge >= 0.3 is 6.09 Å². The van der Waals surface area contributed by atoms with Crippen molar-refractivity contribution in [3.63, 3.8) is 0 Å². The van der Waals surface area contributed by atoms with Gasteiger partial charge in [0, 0.05) is 20.5 Å². The fraction of sp³-hybridized carbons (Fsp3) is 0.556. The number of amides is 2. The fourth-order valence-corrected chi connectivity index (χ4v) is 2.22. The zero-order valence-corrected chi connectivity index (χ0v) is 15.7. The number of carbonyl (C=O) groups excluding carboxylic acids is 2. The van der Waals surface area contributed by atoms with Crippen LogP contribution in [0.5, 0.6) is 0 Å². The number of nitrogens with zero attached hydrogens (tertiary/aromatic N) is 1. The zero-order chi connectivity index (χ0) is 20.1. The Bertz CT molecular complexity index is 647. The van der Waals surface area contributed by atoms with E-state index in [1.165, 1.54) is 18.9 Å². The average Bonchev–Trinajstić information content (AvgIpc) is 2.48. The van der Waals surface area contributed by atoms with Crippen LogP contribution in [0.1, 0.15) is 33.3 Å². The first-order chi connectivity index (χ1) is 11.9. The van der Waals surface area contributed by atoms with Gasteiger partial charge in [0.1, 0.15) is 17.2 Å². The standard InChI is InChI=1S/C18H26F2N2O4/c1-11(23)22(5)10-16(24)15(21-17(25)26-18(2,3)4)9-12-8-13(19)6-7-14(12)20/h6-8,15-16,24H,9-10H2,1-5H3,(H,21,25)/t15-,16-/m1/s1. The number of aliphatic hydroxyl groups excluding tert-OH is 1. The minimum atomic E-state index is -1.21. The molecule has 0 aromatic heterocycles. The monoisotopic (exact) mass is 372 g/mol. The van der Waals surface area contributed by atoms with E-state index < -0.39 is 35.5 Å². The second-order valence-corrected chi connectivity index (χ2v) is 7.16. The minimum absolute atomic E-state index is 0.00409. The van der Waals surface area contributed by atoms with Crippen LogP contribution in [0, 0.1) is 11.6 Å². The Morgan fingerprint density at radius 3 is 2.46 bits per heavy atom. The molecule has 2 atom stereocenters. The number of likely N-dealkylation sites (N-methyl/N-ethyl adjacent to an activating group) is 1. The van der Waals surface area contributed by atoms with Crippen LogP contribution in [0.25, 0.3) is 0 Å². The second-order valence-electron chi connectivity index (χ2n) is 7.16. The molecule has 2 amide bonds. The lowest BCUT2D eigenvalue weighted by Crippen LogP contribution is -2.50. The van der Waals surface area contributed by atoms with E-state index >= 15 is 0 Å². The third-order valence-electron chi connectivity index (χ3n) is 3.61. The molecule has 0 saturated heterocycles. The van der Waals surface area contributed by atoms with E-state index in [9.17, 15) is 23.5 Å². The summed E-state index contributed by atoms with van der Waals surface area (Å²) in [6.07, 6.45) is -2.18. The minimum Gasteiger partial charge on any atom is -0.444 e. The highest BCUT2D eigenvalue weighted by Gasteiger charge is 2.27. The molecule has 0 aliphatic heterocycles. The first-order valence-electron chi connectivity index (χ1n) is 8.22. The van der Waals surface area contributed by atoms with Crippen LogP contribution in [0.3, 0.4) is 0 Å². The fourth-order valence-electron chi connectivity index (χ4n) is 2.22. The van der Waals surface area contributed by atoms with Crippen molar-refractivity contribution in [1.82, 2.24) is 10.2 Å². The summed E-state index contributed by atoms with van der Waals surface area (Å²) in [6, 6.07) is 1.97. The lowest BCUT2D eigenvalue weighted by molar-refractivity contribution is -0.129. The van der Waals surface area contributed by atoms with E-state index in [1.807, 2.05) is 0 Å². The van der Waals surface area contributed by atoms with Gasteiger partial charge in [-0.1, -0.05) is 0 Å². The summed E-state index contributed by atoms with van der Waals surface area (Å²) in [7, 11) is 1.48. The topological polar surface area (TPSA) is 78.9 Å². The number of halogens is 2. The highest BCUT2D eigenvalue weighted by atomic mass is 19.1. The summed E-state index contributed by atoms with van der Waals surface area (Å²) in [5.74, 6) is -1.57. The van der Waals surface area contributed by atoms with Gasteiger partial charge in [0.25, 0.3) is 0 Å². The molecule has 0 fully saturated rings. The molecule has 0 bridgehead atoms. The largest absolute Gasteiger partial charge is 0.444 e. The molecule has 0 heterocycles. The SMILES string of the molecule is CC(=O)N(C)C[C@@H](O)[C@@H](Cc1cc(F)ccc1F)NC(=O)OC(C)(C)C. The van der Waals surface area contributed by atoms with E-state index in [0.29, 0.717) is 0 Å². The van der Waals surface area contributed by atoms with Crippen molar-refractivity contribution < 1.29 is 28.2 Å². The maximum Gasteiger partial charge on any atom is 0.407 e. The average molecular weight is 372 g/mol. The number of benzene rings is 1. The van der Waals surface area contributed by atoms with Crippen molar-refractivity contribution in [3.05, 3.63) is 35.4 Å². The predicted octanol–water partition coefficient (Wildman–Crippen LogP) is 2.24. The van der Waals surface area contributed by atoms with Crippen molar-refractivity contribution in [3.8, 4) is 0 Å². The molecule has 26 heavy (non-hydrogen) atoms. The molecule has 146 valence electrons. The Morgan fingerprint density at radius 2 is 1.92 bits per heavy atom. The summed E-state index contributed by atoms with van der Waals surface area (Å²) in [6.45, 7) is 6.26. The Hall–Kier alpha value is -2.22. The van der Waals surface area contributed by atoms with Crippen molar-refractivity contribution in [2.24, 2.45) is 0 Å². The van der Waals surface area contributed by atoms with Gasteiger partial charge in [-0.15, -0.1) is 0 Å². The van der Waals surface area contributed by atoms with Gasteiger partial charge in [0.2, 0.25) is 5.91 Å². The molecule has 1 aromatic carbocycles. The van der Waals surface area contributed by atoms with Gasteiger partial charge in [-0.05, 0) is 51.0 Å². The van der Waals surface area contributed by atoms with Crippen LogP contribution in [-0.2, 0) is 16.0 Å². The number of hydrogen-bond acceptors (Lipinski definition) is 4. The normalized spacial score (nSPS) is 13.7. The summed E-state index contributed by atoms with van der Waals surface area (Å²) in [4.78, 5) is 24.7. The molecule has 8 heteroatoms. The van der Waals surface area contributed by atoms with E-state index in [-0.39, 0.29) is 24.4 Å². The van der Waals surface area contributed by atoms with Crippen molar-refractivity contribution >= 4 is 12.0 Å². The number of rotatable bonds is 6. The molecule has 0 spiro atoms.